The zero-order chi connectivity index (χ0) is 36.9. The van der Waals surface area contributed by atoms with Gasteiger partial charge in [0.15, 0.2) is 0 Å². The molecule has 1 aromatic heterocycles. The number of unbranched alkanes of at least 4 members (excludes halogenated alkanes) is 1. The molecule has 270 valence electrons. The fourth-order valence-electron chi connectivity index (χ4n) is 4.15. The van der Waals surface area contributed by atoms with E-state index in [-0.39, 0.29) is 5.75 Å². The number of hydrogen-bond acceptors (Lipinski definition) is 4. The lowest BCUT2D eigenvalue weighted by Crippen LogP contribution is -2.26. The maximum Gasteiger partial charge on any atom is 0.128 e. The van der Waals surface area contributed by atoms with Crippen molar-refractivity contribution in [3.05, 3.63) is 90.3 Å². The van der Waals surface area contributed by atoms with E-state index in [2.05, 4.69) is 69.0 Å². The van der Waals surface area contributed by atoms with E-state index in [4.69, 9.17) is 4.79 Å². The van der Waals surface area contributed by atoms with Crippen molar-refractivity contribution in [2.24, 2.45) is 5.92 Å². The molecule has 0 bridgehead atoms. The van der Waals surface area contributed by atoms with Crippen molar-refractivity contribution in [2.45, 2.75) is 120 Å². The predicted molar refractivity (Wildman–Crippen MR) is 212 cm³/mol. The molecule has 7 heteroatoms. The van der Waals surface area contributed by atoms with Gasteiger partial charge < -0.3 is 15.2 Å². The van der Waals surface area contributed by atoms with E-state index in [0.717, 1.165) is 30.8 Å². The number of aromatic hydroxyl groups is 1. The third-order valence-electron chi connectivity index (χ3n) is 7.04. The van der Waals surface area contributed by atoms with Crippen LogP contribution in [-0.2, 0) is 4.79 Å². The first-order valence-corrected chi connectivity index (χ1v) is 19.6. The summed E-state index contributed by atoms with van der Waals surface area (Å²) >= 11 is 0. The van der Waals surface area contributed by atoms with Crippen LogP contribution in [0.15, 0.2) is 73.4 Å². The maximum atomic E-state index is 14.0. The SMILES string of the molecule is C1CC1.C=C(/C=C(/NCC(CC)CCCC)n1ncc(P(C)F)c1C)c1ccccc1O.CC.CC.CC(C)c1ccccc1.CC=O. The highest BCUT2D eigenvalue weighted by Gasteiger charge is 2.17. The third kappa shape index (κ3) is 20.2. The molecule has 0 radical (unpaired) electrons. The number of nitrogens with zero attached hydrogens (tertiary/aromatic N) is 2. The van der Waals surface area contributed by atoms with E-state index in [1.54, 1.807) is 29.7 Å². The molecular weight excluding hydrogens is 616 g/mol. The van der Waals surface area contributed by atoms with Gasteiger partial charge in [0.05, 0.1) is 11.9 Å². The molecule has 0 spiro atoms. The van der Waals surface area contributed by atoms with Crippen LogP contribution >= 0.6 is 8.23 Å². The highest BCUT2D eigenvalue weighted by atomic mass is 31.2. The normalized spacial score (nSPS) is 12.3. The van der Waals surface area contributed by atoms with Crippen molar-refractivity contribution in [1.82, 2.24) is 15.1 Å². The second-order valence-electron chi connectivity index (χ2n) is 11.2. The fourth-order valence-corrected chi connectivity index (χ4v) is 4.90. The molecule has 1 heterocycles. The quantitative estimate of drug-likeness (QED) is 0.113. The number of nitrogens with one attached hydrogen (secondary N) is 1. The van der Waals surface area contributed by atoms with Crippen molar-refractivity contribution in [2.75, 3.05) is 13.2 Å². The summed E-state index contributed by atoms with van der Waals surface area (Å²) in [5.74, 6) is 2.14. The molecule has 48 heavy (non-hydrogen) atoms. The van der Waals surface area contributed by atoms with Crippen molar-refractivity contribution < 1.29 is 14.1 Å². The molecule has 1 aliphatic rings. The van der Waals surface area contributed by atoms with Gasteiger partial charge in [0.2, 0.25) is 0 Å². The van der Waals surface area contributed by atoms with Gasteiger partial charge in [0.25, 0.3) is 0 Å². The van der Waals surface area contributed by atoms with Crippen LogP contribution in [-0.4, -0.2) is 34.4 Å². The number of hydrogen-bond donors (Lipinski definition) is 2. The van der Waals surface area contributed by atoms with Gasteiger partial charge in [-0.25, -0.2) is 8.88 Å². The van der Waals surface area contributed by atoms with E-state index in [9.17, 15) is 9.30 Å². The minimum absolute atomic E-state index is 0.182. The number of rotatable bonds is 12. The molecule has 2 unspecified atom stereocenters. The molecule has 4 rings (SSSR count). The van der Waals surface area contributed by atoms with Gasteiger partial charge in [-0.2, -0.15) is 5.10 Å². The number of halogens is 1. The number of aromatic nitrogens is 2. The number of allylic oxidation sites excluding steroid dienone is 2. The van der Waals surface area contributed by atoms with Crippen LogP contribution in [0.1, 0.15) is 130 Å². The number of benzene rings is 2. The van der Waals surface area contributed by atoms with Crippen molar-refractivity contribution >= 4 is 31.2 Å². The summed E-state index contributed by atoms with van der Waals surface area (Å²) < 4.78 is 15.7. The van der Waals surface area contributed by atoms with Crippen molar-refractivity contribution in [3.8, 4) is 5.75 Å². The number of carbonyl (C=O) groups is 1. The Morgan fingerprint density at radius 3 is 2.00 bits per heavy atom. The number of phenols is 1. The molecule has 5 nitrogen and oxygen atoms in total. The first-order valence-electron chi connectivity index (χ1n) is 17.9. The van der Waals surface area contributed by atoms with Gasteiger partial charge in [-0.05, 0) is 62.0 Å². The summed E-state index contributed by atoms with van der Waals surface area (Å²) in [5.41, 5.74) is 3.53. The molecular formula is C41H67FN3O2P. The van der Waals surface area contributed by atoms with Crippen molar-refractivity contribution in [1.29, 1.82) is 0 Å². The average molecular weight is 684 g/mol. The minimum atomic E-state index is -1.72. The van der Waals surface area contributed by atoms with Crippen LogP contribution in [0.4, 0.5) is 4.20 Å². The highest BCUT2D eigenvalue weighted by molar-refractivity contribution is 7.59. The molecule has 2 atom stereocenters. The lowest BCUT2D eigenvalue weighted by molar-refractivity contribution is -0.106. The maximum absolute atomic E-state index is 14.0. The summed E-state index contributed by atoms with van der Waals surface area (Å²) in [4.78, 5) is 8.81. The molecule has 1 aliphatic carbocycles. The molecule has 0 amide bonds. The molecule has 0 saturated heterocycles. The Morgan fingerprint density at radius 1 is 1.04 bits per heavy atom. The molecule has 1 fully saturated rings. The first kappa shape index (κ1) is 46.9. The van der Waals surface area contributed by atoms with E-state index in [1.165, 1.54) is 51.0 Å². The van der Waals surface area contributed by atoms with Crippen LogP contribution < -0.4 is 10.6 Å². The van der Waals surface area contributed by atoms with Gasteiger partial charge >= 0.3 is 0 Å². The van der Waals surface area contributed by atoms with E-state index in [1.807, 2.05) is 58.9 Å². The standard InChI is InChI=1S/C23H33FN3OP.C9H12.C3H6.C2H4O.2C2H6/c1-6-8-11-19(7-2)15-25-23(27-18(4)22(16-26-27)29(5)24)14-17(3)20-12-9-10-13-21(20)28;1-8(2)9-6-4-3-5-7-9;1-2-3-1;1-2-3;2*1-2/h9-10,12-14,16,19,25,28H,3,6-8,11,15H2,1-2,4-5H3;3-8H,1-2H3;1-3H2;2H,1H3;2*1-2H3/b23-14-;;;;;. The topological polar surface area (TPSA) is 67.2 Å². The summed E-state index contributed by atoms with van der Waals surface area (Å²) in [6.07, 6.45) is 13.4. The summed E-state index contributed by atoms with van der Waals surface area (Å²) in [6, 6.07) is 17.6. The zero-order valence-corrected chi connectivity index (χ0v) is 32.9. The van der Waals surface area contributed by atoms with Crippen LogP contribution in [0.5, 0.6) is 5.75 Å². The second kappa shape index (κ2) is 29.9. The number of carbonyl (C=O) groups excluding carboxylic acids is 1. The Kier molecular flexibility index (Phi) is 29.2. The van der Waals surface area contributed by atoms with Crippen molar-refractivity contribution in [3.63, 3.8) is 0 Å². The first-order chi connectivity index (χ1) is 23.1. The molecule has 2 aromatic carbocycles. The van der Waals surface area contributed by atoms with Crippen LogP contribution in [0, 0.1) is 12.8 Å². The van der Waals surface area contributed by atoms with E-state index in [0.29, 0.717) is 28.3 Å². The molecule has 3 aromatic rings. The highest BCUT2D eigenvalue weighted by Crippen LogP contribution is 2.32. The van der Waals surface area contributed by atoms with Crippen LogP contribution in [0.2, 0.25) is 0 Å². The Balaban J connectivity index is 0. The van der Waals surface area contributed by atoms with Gasteiger partial charge in [0.1, 0.15) is 26.1 Å². The smallest absolute Gasteiger partial charge is 0.128 e. The summed E-state index contributed by atoms with van der Waals surface area (Å²) in [7, 11) is -1.72. The number of phenolic OH excluding ortho intramolecular Hbond substituents is 1. The zero-order valence-electron chi connectivity index (χ0n) is 32.0. The lowest BCUT2D eigenvalue weighted by Gasteiger charge is -2.19. The summed E-state index contributed by atoms with van der Waals surface area (Å²) in [6.45, 7) is 26.7. The van der Waals surface area contributed by atoms with Gasteiger partial charge in [-0.3, -0.25) is 0 Å². The minimum Gasteiger partial charge on any atom is -0.507 e. The number of aldehydes is 1. The average Bonchev–Trinajstić information content (AvgIpc) is 3.94. The molecule has 1 saturated carbocycles. The summed E-state index contributed by atoms with van der Waals surface area (Å²) in [5, 5.41) is 18.8. The third-order valence-corrected chi connectivity index (χ3v) is 8.14. The van der Waals surface area contributed by atoms with Crippen LogP contribution in [0.25, 0.3) is 11.4 Å². The second-order valence-corrected chi connectivity index (χ2v) is 12.7. The number of para-hydroxylation sites is 1. The predicted octanol–water partition coefficient (Wildman–Crippen LogP) is 12.1. The Morgan fingerprint density at radius 2 is 1.58 bits per heavy atom. The van der Waals surface area contributed by atoms with Gasteiger partial charge in [-0.15, -0.1) is 0 Å². The molecule has 2 N–H and O–H groups in total. The van der Waals surface area contributed by atoms with Crippen LogP contribution in [0.3, 0.4) is 0 Å². The van der Waals surface area contributed by atoms with E-state index < -0.39 is 8.23 Å². The monoisotopic (exact) mass is 683 g/mol. The Labute approximate surface area is 295 Å². The Bertz CT molecular complexity index is 1250. The fraction of sp³-hybridized carbons (Fsp3) is 0.512. The lowest BCUT2D eigenvalue weighted by atomic mass is 9.99. The Hall–Kier alpha value is -3.24. The molecule has 0 aliphatic heterocycles. The largest absolute Gasteiger partial charge is 0.507 e. The van der Waals surface area contributed by atoms with Gasteiger partial charge in [-0.1, -0.05) is 149 Å². The van der Waals surface area contributed by atoms with E-state index >= 15 is 0 Å². The van der Waals surface area contributed by atoms with Gasteiger partial charge in [0, 0.05) is 17.4 Å².